The highest BCUT2D eigenvalue weighted by atomic mass is 16.5. The van der Waals surface area contributed by atoms with E-state index in [1.54, 1.807) is 21.3 Å². The standard InChI is InChI=1S/C16H26N2O3/c1-18-8-7-12(11-18)9-17-10-13-5-6-14(19-2)16(21-4)15(13)20-3/h5-6,12,17H,7-11H2,1-4H3. The maximum Gasteiger partial charge on any atom is 0.203 e. The van der Waals surface area contributed by atoms with Crippen LogP contribution < -0.4 is 19.5 Å². The Kier molecular flexibility index (Phi) is 5.70. The molecule has 1 aliphatic rings. The third-order valence-corrected chi connectivity index (χ3v) is 4.02. The molecule has 0 radical (unpaired) electrons. The molecule has 1 heterocycles. The molecule has 118 valence electrons. The van der Waals surface area contributed by atoms with Gasteiger partial charge in [-0.2, -0.15) is 0 Å². The van der Waals surface area contributed by atoms with E-state index in [9.17, 15) is 0 Å². The monoisotopic (exact) mass is 294 g/mol. The minimum Gasteiger partial charge on any atom is -0.493 e. The van der Waals surface area contributed by atoms with Crippen LogP contribution in [-0.4, -0.2) is 52.9 Å². The molecule has 2 rings (SSSR count). The van der Waals surface area contributed by atoms with Crippen LogP contribution in [0.3, 0.4) is 0 Å². The fraction of sp³-hybridized carbons (Fsp3) is 0.625. The van der Waals surface area contributed by atoms with Crippen molar-refractivity contribution in [3.05, 3.63) is 17.7 Å². The van der Waals surface area contributed by atoms with Crippen LogP contribution >= 0.6 is 0 Å². The molecule has 1 atom stereocenters. The molecule has 0 spiro atoms. The molecule has 1 aliphatic heterocycles. The van der Waals surface area contributed by atoms with Gasteiger partial charge in [-0.15, -0.1) is 0 Å². The molecular weight excluding hydrogens is 268 g/mol. The van der Waals surface area contributed by atoms with Crippen LogP contribution in [-0.2, 0) is 6.54 Å². The second kappa shape index (κ2) is 7.52. The van der Waals surface area contributed by atoms with Crippen LogP contribution in [0.5, 0.6) is 17.2 Å². The molecule has 5 nitrogen and oxygen atoms in total. The zero-order valence-corrected chi connectivity index (χ0v) is 13.4. The van der Waals surface area contributed by atoms with E-state index in [4.69, 9.17) is 14.2 Å². The van der Waals surface area contributed by atoms with E-state index in [1.165, 1.54) is 19.5 Å². The first-order chi connectivity index (χ1) is 10.2. The lowest BCUT2D eigenvalue weighted by atomic mass is 10.1. The van der Waals surface area contributed by atoms with Gasteiger partial charge in [0.05, 0.1) is 21.3 Å². The first-order valence-electron chi connectivity index (χ1n) is 7.36. The van der Waals surface area contributed by atoms with Gasteiger partial charge in [0.2, 0.25) is 5.75 Å². The minimum absolute atomic E-state index is 0.653. The third kappa shape index (κ3) is 3.80. The van der Waals surface area contributed by atoms with Gasteiger partial charge in [0.25, 0.3) is 0 Å². The molecule has 21 heavy (non-hydrogen) atoms. The Hall–Kier alpha value is -1.46. The summed E-state index contributed by atoms with van der Waals surface area (Å²) in [7, 11) is 7.10. The first kappa shape index (κ1) is 15.9. The van der Waals surface area contributed by atoms with E-state index in [0.717, 1.165) is 30.3 Å². The van der Waals surface area contributed by atoms with Gasteiger partial charge in [-0.05, 0) is 38.5 Å². The van der Waals surface area contributed by atoms with Crippen LogP contribution in [0.15, 0.2) is 12.1 Å². The zero-order valence-electron chi connectivity index (χ0n) is 13.4. The maximum absolute atomic E-state index is 5.50. The molecule has 1 N–H and O–H groups in total. The van der Waals surface area contributed by atoms with Crippen molar-refractivity contribution >= 4 is 0 Å². The van der Waals surface area contributed by atoms with Gasteiger partial charge < -0.3 is 24.4 Å². The van der Waals surface area contributed by atoms with Gasteiger partial charge in [-0.25, -0.2) is 0 Å². The summed E-state index contributed by atoms with van der Waals surface area (Å²) in [5, 5.41) is 3.52. The Morgan fingerprint density at radius 2 is 1.90 bits per heavy atom. The normalized spacial score (nSPS) is 18.8. The third-order valence-electron chi connectivity index (χ3n) is 4.02. The average molecular weight is 294 g/mol. The summed E-state index contributed by atoms with van der Waals surface area (Å²) in [4.78, 5) is 2.38. The molecule has 0 aliphatic carbocycles. The number of hydrogen-bond acceptors (Lipinski definition) is 5. The summed E-state index contributed by atoms with van der Waals surface area (Å²) in [5.41, 5.74) is 1.08. The Morgan fingerprint density at radius 1 is 1.14 bits per heavy atom. The second-order valence-corrected chi connectivity index (χ2v) is 5.54. The van der Waals surface area contributed by atoms with Crippen molar-refractivity contribution in [2.45, 2.75) is 13.0 Å². The van der Waals surface area contributed by atoms with Crippen LogP contribution in [0.4, 0.5) is 0 Å². The number of nitrogens with one attached hydrogen (secondary N) is 1. The fourth-order valence-electron chi connectivity index (χ4n) is 2.91. The highest BCUT2D eigenvalue weighted by Gasteiger charge is 2.19. The molecule has 1 aromatic carbocycles. The fourth-order valence-corrected chi connectivity index (χ4v) is 2.91. The predicted molar refractivity (Wildman–Crippen MR) is 83.4 cm³/mol. The molecular formula is C16H26N2O3. The predicted octanol–water partition coefficient (Wildman–Crippen LogP) is 1.75. The van der Waals surface area contributed by atoms with E-state index in [-0.39, 0.29) is 0 Å². The van der Waals surface area contributed by atoms with Gasteiger partial charge in [-0.3, -0.25) is 0 Å². The smallest absolute Gasteiger partial charge is 0.203 e. The largest absolute Gasteiger partial charge is 0.493 e. The van der Waals surface area contributed by atoms with Crippen LogP contribution in [0.25, 0.3) is 0 Å². The highest BCUT2D eigenvalue weighted by Crippen LogP contribution is 2.39. The van der Waals surface area contributed by atoms with E-state index in [1.807, 2.05) is 12.1 Å². The Balaban J connectivity index is 1.99. The molecule has 0 saturated carbocycles. The highest BCUT2D eigenvalue weighted by molar-refractivity contribution is 5.55. The van der Waals surface area contributed by atoms with Gasteiger partial charge >= 0.3 is 0 Å². The molecule has 0 bridgehead atoms. The summed E-state index contributed by atoms with van der Waals surface area (Å²) in [5.74, 6) is 2.82. The van der Waals surface area contributed by atoms with Gasteiger partial charge in [0, 0.05) is 18.7 Å². The second-order valence-electron chi connectivity index (χ2n) is 5.54. The van der Waals surface area contributed by atoms with Gasteiger partial charge in [0.1, 0.15) is 0 Å². The lowest BCUT2D eigenvalue weighted by Crippen LogP contribution is -2.25. The lowest BCUT2D eigenvalue weighted by molar-refractivity contribution is 0.321. The Bertz CT molecular complexity index is 465. The van der Waals surface area contributed by atoms with Gasteiger partial charge in [0.15, 0.2) is 11.5 Å². The first-order valence-corrected chi connectivity index (χ1v) is 7.36. The maximum atomic E-state index is 5.50. The molecule has 1 unspecified atom stereocenters. The number of nitrogens with zero attached hydrogens (tertiary/aromatic N) is 1. The molecule has 1 aromatic rings. The van der Waals surface area contributed by atoms with E-state index < -0.39 is 0 Å². The lowest BCUT2D eigenvalue weighted by Gasteiger charge is -2.17. The van der Waals surface area contributed by atoms with Crippen molar-refractivity contribution in [2.75, 3.05) is 48.0 Å². The van der Waals surface area contributed by atoms with Crippen LogP contribution in [0, 0.1) is 5.92 Å². The Morgan fingerprint density at radius 3 is 2.48 bits per heavy atom. The number of hydrogen-bond donors (Lipinski definition) is 1. The van der Waals surface area contributed by atoms with Crippen LogP contribution in [0.2, 0.25) is 0 Å². The van der Waals surface area contributed by atoms with Gasteiger partial charge in [-0.1, -0.05) is 6.07 Å². The van der Waals surface area contributed by atoms with Crippen molar-refractivity contribution in [1.82, 2.24) is 10.2 Å². The summed E-state index contributed by atoms with van der Waals surface area (Å²) in [6.45, 7) is 4.17. The van der Waals surface area contributed by atoms with Crippen LogP contribution in [0.1, 0.15) is 12.0 Å². The minimum atomic E-state index is 0.653. The number of benzene rings is 1. The summed E-state index contributed by atoms with van der Waals surface area (Å²) >= 11 is 0. The van der Waals surface area contributed by atoms with E-state index in [2.05, 4.69) is 17.3 Å². The number of rotatable bonds is 7. The van der Waals surface area contributed by atoms with E-state index >= 15 is 0 Å². The Labute approximate surface area is 127 Å². The van der Waals surface area contributed by atoms with Crippen molar-refractivity contribution < 1.29 is 14.2 Å². The molecule has 1 saturated heterocycles. The number of ether oxygens (including phenoxy) is 3. The summed E-state index contributed by atoms with van der Waals surface area (Å²) < 4.78 is 16.2. The molecule has 0 amide bonds. The zero-order chi connectivity index (χ0) is 15.2. The summed E-state index contributed by atoms with van der Waals surface area (Å²) in [6, 6.07) is 3.94. The molecule has 5 heteroatoms. The topological polar surface area (TPSA) is 43.0 Å². The van der Waals surface area contributed by atoms with Crippen molar-refractivity contribution in [3.63, 3.8) is 0 Å². The quantitative estimate of drug-likeness (QED) is 0.830. The number of methoxy groups -OCH3 is 3. The SMILES string of the molecule is COc1ccc(CNCC2CCN(C)C2)c(OC)c1OC. The summed E-state index contributed by atoms with van der Waals surface area (Å²) in [6.07, 6.45) is 1.27. The van der Waals surface area contributed by atoms with Crippen molar-refractivity contribution in [1.29, 1.82) is 0 Å². The molecule has 0 aromatic heterocycles. The average Bonchev–Trinajstić information content (AvgIpc) is 2.91. The van der Waals surface area contributed by atoms with Crippen molar-refractivity contribution in [3.8, 4) is 17.2 Å². The van der Waals surface area contributed by atoms with E-state index in [0.29, 0.717) is 11.5 Å². The van der Waals surface area contributed by atoms with Crippen molar-refractivity contribution in [2.24, 2.45) is 5.92 Å². The molecule has 1 fully saturated rings. The number of likely N-dealkylation sites (tertiary alicyclic amines) is 1.